The summed E-state index contributed by atoms with van der Waals surface area (Å²) in [6, 6.07) is 5.92. The van der Waals surface area contributed by atoms with Crippen LogP contribution in [0.5, 0.6) is 0 Å². The molecule has 0 radical (unpaired) electrons. The number of hydrogen-bond donors (Lipinski definition) is 2. The van der Waals surface area contributed by atoms with Gasteiger partial charge in [0.2, 0.25) is 0 Å². The van der Waals surface area contributed by atoms with Crippen LogP contribution in [0.4, 0.5) is 32.2 Å². The number of nitrogen functional groups attached to an aromatic ring is 1. The minimum absolute atomic E-state index is 0.0331. The molecule has 3 rings (SSSR count). The minimum Gasteiger partial charge on any atom is -0.383 e. The highest BCUT2D eigenvalue weighted by Gasteiger charge is 2.37. The molecule has 2 aromatic carbocycles. The Kier molecular flexibility index (Phi) is 5.90. The summed E-state index contributed by atoms with van der Waals surface area (Å²) < 4.78 is 79.3. The Hall–Kier alpha value is -2.85. The molecule has 11 heteroatoms. The zero-order valence-electron chi connectivity index (χ0n) is 15.9. The zero-order chi connectivity index (χ0) is 23.1. The molecule has 1 heterocycles. The highest BCUT2D eigenvalue weighted by Crippen LogP contribution is 2.39. The van der Waals surface area contributed by atoms with Crippen molar-refractivity contribution < 1.29 is 26.3 Å². The molecule has 4 nitrogen and oxygen atoms in total. The number of alkyl halides is 6. The monoisotopic (exact) mass is 460 g/mol. The number of nitrogens with two attached hydrogens (primary N) is 2. The van der Waals surface area contributed by atoms with Gasteiger partial charge in [-0.2, -0.15) is 26.3 Å². The molecule has 0 amide bonds. The van der Waals surface area contributed by atoms with Crippen LogP contribution in [0.15, 0.2) is 36.4 Å². The van der Waals surface area contributed by atoms with Gasteiger partial charge in [0.05, 0.1) is 16.8 Å². The van der Waals surface area contributed by atoms with E-state index in [2.05, 4.69) is 9.97 Å². The molecule has 0 aliphatic carbocycles. The predicted molar refractivity (Wildman–Crippen MR) is 105 cm³/mol. The molecule has 1 aromatic heterocycles. The van der Waals surface area contributed by atoms with Crippen molar-refractivity contribution in [3.8, 4) is 22.6 Å². The second kappa shape index (κ2) is 8.01. The molecule has 4 N–H and O–H groups in total. The van der Waals surface area contributed by atoms with Crippen LogP contribution in [0.2, 0.25) is 5.02 Å². The number of hydrogen-bond acceptors (Lipinski definition) is 4. The molecule has 0 bridgehead atoms. The molecular weight excluding hydrogens is 446 g/mol. The van der Waals surface area contributed by atoms with E-state index >= 15 is 0 Å². The fourth-order valence-corrected chi connectivity index (χ4v) is 3.26. The number of aromatic nitrogens is 2. The molecule has 164 valence electrons. The minimum atomic E-state index is -5.01. The summed E-state index contributed by atoms with van der Waals surface area (Å²) >= 11 is 5.96. The van der Waals surface area contributed by atoms with Gasteiger partial charge in [-0.05, 0) is 42.8 Å². The standard InChI is InChI=1S/C20H15ClF6N4/c1-9-4-13(21)2-3-14(9)16-15(8-28)17(29)31-18(30-16)10-5-11(19(22,23)24)7-12(6-10)20(25,26)27/h2-7H,8,28H2,1H3,(H2,29,30,31). The first kappa shape index (κ1) is 22.8. The number of aryl methyl sites for hydroxylation is 1. The average molecular weight is 461 g/mol. The summed E-state index contributed by atoms with van der Waals surface area (Å²) in [7, 11) is 0. The second-order valence-electron chi connectivity index (χ2n) is 6.72. The first-order chi connectivity index (χ1) is 14.3. The van der Waals surface area contributed by atoms with Crippen LogP contribution in [-0.4, -0.2) is 9.97 Å². The van der Waals surface area contributed by atoms with Crippen molar-refractivity contribution >= 4 is 17.4 Å². The van der Waals surface area contributed by atoms with Crippen LogP contribution in [-0.2, 0) is 18.9 Å². The van der Waals surface area contributed by atoms with Crippen molar-refractivity contribution in [2.75, 3.05) is 5.73 Å². The van der Waals surface area contributed by atoms with Crippen LogP contribution in [0.3, 0.4) is 0 Å². The fourth-order valence-electron chi connectivity index (χ4n) is 3.03. The van der Waals surface area contributed by atoms with Crippen LogP contribution < -0.4 is 11.5 Å². The van der Waals surface area contributed by atoms with E-state index in [1.165, 1.54) is 0 Å². The van der Waals surface area contributed by atoms with Gasteiger partial charge in [0, 0.05) is 28.3 Å². The van der Waals surface area contributed by atoms with Crippen molar-refractivity contribution in [2.45, 2.75) is 25.8 Å². The fraction of sp³-hybridized carbons (Fsp3) is 0.200. The SMILES string of the molecule is Cc1cc(Cl)ccc1-c1nc(-c2cc(C(F)(F)F)cc(C(F)(F)F)c2)nc(N)c1CN. The molecule has 0 unspecified atom stereocenters. The summed E-state index contributed by atoms with van der Waals surface area (Å²) in [6.45, 7) is 1.62. The Labute approximate surface area is 177 Å². The number of halogens is 7. The lowest BCUT2D eigenvalue weighted by molar-refractivity contribution is -0.143. The molecule has 0 saturated carbocycles. The first-order valence-corrected chi connectivity index (χ1v) is 9.12. The van der Waals surface area contributed by atoms with Gasteiger partial charge in [-0.1, -0.05) is 17.7 Å². The maximum absolute atomic E-state index is 13.2. The largest absolute Gasteiger partial charge is 0.416 e. The summed E-state index contributed by atoms with van der Waals surface area (Å²) in [4.78, 5) is 8.15. The van der Waals surface area contributed by atoms with E-state index in [-0.39, 0.29) is 24.1 Å². The molecule has 0 fully saturated rings. The number of rotatable bonds is 3. The highest BCUT2D eigenvalue weighted by atomic mass is 35.5. The molecular formula is C20H15ClF6N4. The van der Waals surface area contributed by atoms with Crippen LogP contribution in [0, 0.1) is 6.92 Å². The third kappa shape index (κ3) is 4.75. The summed E-state index contributed by atoms with van der Waals surface area (Å²) in [6.07, 6.45) is -10.0. The van der Waals surface area contributed by atoms with E-state index in [1.54, 1.807) is 25.1 Å². The predicted octanol–water partition coefficient (Wildman–Crippen LogP) is 5.85. The normalized spacial score (nSPS) is 12.3. The topological polar surface area (TPSA) is 77.8 Å². The second-order valence-corrected chi connectivity index (χ2v) is 7.15. The van der Waals surface area contributed by atoms with Gasteiger partial charge in [0.15, 0.2) is 5.82 Å². The number of nitrogens with zero attached hydrogens (tertiary/aromatic N) is 2. The van der Waals surface area contributed by atoms with E-state index in [9.17, 15) is 26.3 Å². The Morgan fingerprint density at radius 2 is 1.48 bits per heavy atom. The lowest BCUT2D eigenvalue weighted by atomic mass is 10.00. The van der Waals surface area contributed by atoms with E-state index in [0.29, 0.717) is 33.8 Å². The molecule has 31 heavy (non-hydrogen) atoms. The summed E-state index contributed by atoms with van der Waals surface area (Å²) in [5, 5.41) is 0.436. The lowest BCUT2D eigenvalue weighted by Gasteiger charge is -2.16. The van der Waals surface area contributed by atoms with Crippen molar-refractivity contribution in [3.05, 3.63) is 63.7 Å². The Balaban J connectivity index is 2.30. The molecule has 0 saturated heterocycles. The van der Waals surface area contributed by atoms with Crippen molar-refractivity contribution in [3.63, 3.8) is 0 Å². The van der Waals surface area contributed by atoms with Gasteiger partial charge < -0.3 is 11.5 Å². The molecule has 0 aliphatic heterocycles. The smallest absolute Gasteiger partial charge is 0.383 e. The summed E-state index contributed by atoms with van der Waals surface area (Å²) in [5.74, 6) is -0.543. The first-order valence-electron chi connectivity index (χ1n) is 8.74. The molecule has 3 aromatic rings. The van der Waals surface area contributed by atoms with Gasteiger partial charge in [0.1, 0.15) is 5.82 Å². The molecule has 0 atom stereocenters. The average Bonchev–Trinajstić information content (AvgIpc) is 2.65. The summed E-state index contributed by atoms with van der Waals surface area (Å²) in [5.41, 5.74) is 9.91. The third-order valence-electron chi connectivity index (χ3n) is 4.53. The number of benzene rings is 2. The van der Waals surface area contributed by atoms with Crippen LogP contribution >= 0.6 is 11.6 Å². The van der Waals surface area contributed by atoms with Gasteiger partial charge >= 0.3 is 12.4 Å². The number of anilines is 1. The zero-order valence-corrected chi connectivity index (χ0v) is 16.6. The van der Waals surface area contributed by atoms with E-state index in [4.69, 9.17) is 23.1 Å². The third-order valence-corrected chi connectivity index (χ3v) is 4.77. The molecule has 0 spiro atoms. The quantitative estimate of drug-likeness (QED) is 0.480. The maximum atomic E-state index is 13.2. The van der Waals surface area contributed by atoms with Crippen molar-refractivity contribution in [1.29, 1.82) is 0 Å². The molecule has 0 aliphatic rings. The van der Waals surface area contributed by atoms with Crippen molar-refractivity contribution in [2.24, 2.45) is 5.73 Å². The van der Waals surface area contributed by atoms with Crippen molar-refractivity contribution in [1.82, 2.24) is 9.97 Å². The maximum Gasteiger partial charge on any atom is 0.416 e. The Morgan fingerprint density at radius 1 is 0.903 bits per heavy atom. The van der Waals surface area contributed by atoms with Gasteiger partial charge in [-0.3, -0.25) is 0 Å². The van der Waals surface area contributed by atoms with E-state index < -0.39 is 34.9 Å². The highest BCUT2D eigenvalue weighted by molar-refractivity contribution is 6.30. The van der Waals surface area contributed by atoms with E-state index in [1.807, 2.05) is 0 Å². The van der Waals surface area contributed by atoms with Crippen LogP contribution in [0.25, 0.3) is 22.6 Å². The van der Waals surface area contributed by atoms with Gasteiger partial charge in [-0.25, -0.2) is 9.97 Å². The van der Waals surface area contributed by atoms with Crippen LogP contribution in [0.1, 0.15) is 22.3 Å². The van der Waals surface area contributed by atoms with Gasteiger partial charge in [-0.15, -0.1) is 0 Å². The Morgan fingerprint density at radius 3 is 1.97 bits per heavy atom. The van der Waals surface area contributed by atoms with Gasteiger partial charge in [0.25, 0.3) is 0 Å². The lowest BCUT2D eigenvalue weighted by Crippen LogP contribution is -2.13. The van der Waals surface area contributed by atoms with E-state index in [0.717, 1.165) is 0 Å². The Bertz CT molecular complexity index is 1110.